The van der Waals surface area contributed by atoms with Crippen LogP contribution < -0.4 is 10.0 Å². The number of amides is 1. The van der Waals surface area contributed by atoms with E-state index in [-0.39, 0.29) is 18.9 Å². The van der Waals surface area contributed by atoms with Gasteiger partial charge in [-0.15, -0.1) is 0 Å². The molecule has 1 aromatic heterocycles. The molecule has 2 heterocycles. The number of hydrogen-bond acceptors (Lipinski definition) is 4. The van der Waals surface area contributed by atoms with Crippen LogP contribution in [0.4, 0.5) is 5.82 Å². The Labute approximate surface area is 112 Å². The third kappa shape index (κ3) is 2.76. The minimum Gasteiger partial charge on any atom is -0.295 e. The number of sulfonamides is 1. The zero-order valence-electron chi connectivity index (χ0n) is 11.0. The molecule has 2 N–H and O–H groups in total. The molecular formula is C12H17N3O3S. The summed E-state index contributed by atoms with van der Waals surface area (Å²) in [6.45, 7) is 3.88. The van der Waals surface area contributed by atoms with Crippen LogP contribution >= 0.6 is 0 Å². The van der Waals surface area contributed by atoms with Crippen LogP contribution in [0.15, 0.2) is 12.1 Å². The van der Waals surface area contributed by atoms with Gasteiger partial charge in [0.2, 0.25) is 15.9 Å². The molecule has 1 unspecified atom stereocenters. The van der Waals surface area contributed by atoms with Crippen molar-refractivity contribution in [3.8, 4) is 0 Å². The summed E-state index contributed by atoms with van der Waals surface area (Å²) in [6, 6.07) is 3.79. The van der Waals surface area contributed by atoms with E-state index in [4.69, 9.17) is 5.14 Å². The summed E-state index contributed by atoms with van der Waals surface area (Å²) in [6.07, 6.45) is 0.657. The van der Waals surface area contributed by atoms with E-state index in [1.165, 1.54) is 4.90 Å². The predicted octanol–water partition coefficient (Wildman–Crippen LogP) is 0.346. The molecule has 1 fully saturated rings. The molecule has 0 spiro atoms. The van der Waals surface area contributed by atoms with Crippen LogP contribution in [0, 0.1) is 6.92 Å². The molecule has 0 bridgehead atoms. The Morgan fingerprint density at radius 2 is 2.16 bits per heavy atom. The van der Waals surface area contributed by atoms with Crippen LogP contribution in [-0.2, 0) is 21.2 Å². The molecule has 104 valence electrons. The van der Waals surface area contributed by atoms with Gasteiger partial charge >= 0.3 is 0 Å². The maximum absolute atomic E-state index is 12.0. The van der Waals surface area contributed by atoms with E-state index in [0.29, 0.717) is 5.82 Å². The quantitative estimate of drug-likeness (QED) is 0.866. The number of rotatable bonds is 3. The lowest BCUT2D eigenvalue weighted by atomic mass is 10.2. The summed E-state index contributed by atoms with van der Waals surface area (Å²) in [7, 11) is -3.70. The molecule has 1 atom stereocenters. The fourth-order valence-electron chi connectivity index (χ4n) is 2.18. The van der Waals surface area contributed by atoms with Crippen molar-refractivity contribution in [2.75, 3.05) is 11.4 Å². The maximum Gasteiger partial charge on any atom is 0.229 e. The summed E-state index contributed by atoms with van der Waals surface area (Å²) in [5.41, 5.74) is 1.72. The third-order valence-corrected chi connectivity index (χ3v) is 4.53. The molecule has 1 aliphatic rings. The molecule has 0 radical (unpaired) electrons. The highest BCUT2D eigenvalue weighted by molar-refractivity contribution is 7.89. The van der Waals surface area contributed by atoms with Crippen molar-refractivity contribution in [1.29, 1.82) is 0 Å². The smallest absolute Gasteiger partial charge is 0.229 e. The van der Waals surface area contributed by atoms with Gasteiger partial charge in [-0.3, -0.25) is 9.69 Å². The highest BCUT2D eigenvalue weighted by Gasteiger charge is 2.38. The van der Waals surface area contributed by atoms with E-state index < -0.39 is 15.3 Å². The fourth-order valence-corrected chi connectivity index (χ4v) is 2.91. The number of carbonyl (C=O) groups is 1. The van der Waals surface area contributed by atoms with Crippen molar-refractivity contribution in [3.05, 3.63) is 23.4 Å². The second-order valence-electron chi connectivity index (χ2n) is 4.71. The Bertz CT molecular complexity index is 613. The SMILES string of the molecule is CCc1ccc(C)nc1N1CC(S(N)(=O)=O)CC1=O. The highest BCUT2D eigenvalue weighted by Crippen LogP contribution is 2.26. The van der Waals surface area contributed by atoms with E-state index in [2.05, 4.69) is 4.98 Å². The van der Waals surface area contributed by atoms with Gasteiger partial charge in [0.1, 0.15) is 11.1 Å². The first-order valence-corrected chi connectivity index (χ1v) is 7.72. The maximum atomic E-state index is 12.0. The number of aryl methyl sites for hydroxylation is 2. The van der Waals surface area contributed by atoms with Gasteiger partial charge in [-0.2, -0.15) is 0 Å². The molecule has 7 heteroatoms. The summed E-state index contributed by atoms with van der Waals surface area (Å²) >= 11 is 0. The zero-order valence-corrected chi connectivity index (χ0v) is 11.8. The summed E-state index contributed by atoms with van der Waals surface area (Å²) in [4.78, 5) is 17.8. The minimum atomic E-state index is -3.70. The molecule has 1 aliphatic heterocycles. The van der Waals surface area contributed by atoms with Crippen molar-refractivity contribution in [1.82, 2.24) is 4.98 Å². The molecular weight excluding hydrogens is 266 g/mol. The van der Waals surface area contributed by atoms with Crippen molar-refractivity contribution < 1.29 is 13.2 Å². The monoisotopic (exact) mass is 283 g/mol. The lowest BCUT2D eigenvalue weighted by Gasteiger charge is -2.19. The summed E-state index contributed by atoms with van der Waals surface area (Å²) < 4.78 is 22.7. The van der Waals surface area contributed by atoms with Crippen molar-refractivity contribution in [3.63, 3.8) is 0 Å². The van der Waals surface area contributed by atoms with Crippen LogP contribution in [0.25, 0.3) is 0 Å². The van der Waals surface area contributed by atoms with Gasteiger partial charge in [-0.1, -0.05) is 13.0 Å². The number of nitrogens with zero attached hydrogens (tertiary/aromatic N) is 2. The second kappa shape index (κ2) is 4.90. The number of hydrogen-bond donors (Lipinski definition) is 1. The van der Waals surface area contributed by atoms with E-state index in [1.807, 2.05) is 26.0 Å². The zero-order chi connectivity index (χ0) is 14.2. The normalized spacial score (nSPS) is 20.1. The van der Waals surface area contributed by atoms with Gasteiger partial charge in [0, 0.05) is 18.7 Å². The summed E-state index contributed by atoms with van der Waals surface area (Å²) in [5, 5.41) is 4.28. The third-order valence-electron chi connectivity index (χ3n) is 3.29. The predicted molar refractivity (Wildman–Crippen MR) is 72.2 cm³/mol. The first kappa shape index (κ1) is 14.0. The van der Waals surface area contributed by atoms with Crippen molar-refractivity contribution in [2.24, 2.45) is 5.14 Å². The minimum absolute atomic E-state index is 0.0718. The molecule has 1 saturated heterocycles. The Morgan fingerprint density at radius 1 is 1.47 bits per heavy atom. The molecule has 6 nitrogen and oxygen atoms in total. The summed E-state index contributed by atoms with van der Waals surface area (Å²) in [5.74, 6) is 0.311. The molecule has 2 rings (SSSR count). The number of pyridine rings is 1. The Kier molecular flexibility index (Phi) is 3.60. The molecule has 0 saturated carbocycles. The van der Waals surface area contributed by atoms with Crippen LogP contribution in [-0.4, -0.2) is 31.1 Å². The number of primary sulfonamides is 1. The van der Waals surface area contributed by atoms with E-state index in [1.54, 1.807) is 0 Å². The van der Waals surface area contributed by atoms with E-state index in [9.17, 15) is 13.2 Å². The number of anilines is 1. The fraction of sp³-hybridized carbons (Fsp3) is 0.500. The molecule has 19 heavy (non-hydrogen) atoms. The molecule has 1 amide bonds. The van der Waals surface area contributed by atoms with Crippen LogP contribution in [0.3, 0.4) is 0 Å². The number of aromatic nitrogens is 1. The van der Waals surface area contributed by atoms with Gasteiger partial charge in [0.05, 0.1) is 0 Å². The van der Waals surface area contributed by atoms with Crippen molar-refractivity contribution in [2.45, 2.75) is 31.9 Å². The van der Waals surface area contributed by atoms with Gasteiger partial charge in [0.15, 0.2) is 0 Å². The first-order valence-electron chi connectivity index (χ1n) is 6.11. The van der Waals surface area contributed by atoms with Gasteiger partial charge in [-0.25, -0.2) is 18.5 Å². The lowest BCUT2D eigenvalue weighted by Crippen LogP contribution is -2.32. The average molecular weight is 283 g/mol. The van der Waals surface area contributed by atoms with Crippen LogP contribution in [0.1, 0.15) is 24.6 Å². The number of carbonyl (C=O) groups excluding carboxylic acids is 1. The number of nitrogens with two attached hydrogens (primary N) is 1. The largest absolute Gasteiger partial charge is 0.295 e. The van der Waals surface area contributed by atoms with Gasteiger partial charge in [-0.05, 0) is 25.0 Å². The molecule has 1 aromatic rings. The van der Waals surface area contributed by atoms with Gasteiger partial charge in [0.25, 0.3) is 0 Å². The Hall–Kier alpha value is -1.47. The Morgan fingerprint density at radius 3 is 2.68 bits per heavy atom. The van der Waals surface area contributed by atoms with Crippen LogP contribution in [0.2, 0.25) is 0 Å². The molecule has 0 aliphatic carbocycles. The van der Waals surface area contributed by atoms with Crippen molar-refractivity contribution >= 4 is 21.7 Å². The highest BCUT2D eigenvalue weighted by atomic mass is 32.2. The van der Waals surface area contributed by atoms with E-state index >= 15 is 0 Å². The first-order chi connectivity index (χ1) is 8.82. The lowest BCUT2D eigenvalue weighted by molar-refractivity contribution is -0.117. The topological polar surface area (TPSA) is 93.4 Å². The standard InChI is InChI=1S/C12H17N3O3S/c1-3-9-5-4-8(2)14-12(9)15-7-10(6-11(15)16)19(13,17)18/h4-5,10H,3,6-7H2,1-2H3,(H2,13,17,18). The average Bonchev–Trinajstić information content (AvgIpc) is 2.71. The van der Waals surface area contributed by atoms with E-state index in [0.717, 1.165) is 17.7 Å². The van der Waals surface area contributed by atoms with Crippen LogP contribution in [0.5, 0.6) is 0 Å². The second-order valence-corrected chi connectivity index (χ2v) is 6.55. The molecule has 0 aromatic carbocycles. The Balaban J connectivity index is 2.38. The van der Waals surface area contributed by atoms with Gasteiger partial charge < -0.3 is 0 Å².